The van der Waals surface area contributed by atoms with E-state index >= 15 is 0 Å². The van der Waals surface area contributed by atoms with Gasteiger partial charge in [0.1, 0.15) is 0 Å². The molecule has 2 bridgehead atoms. The first-order chi connectivity index (χ1) is 4.27. The minimum Gasteiger partial charge on any atom is -0.389 e. The lowest BCUT2D eigenvalue weighted by atomic mass is 9.62. The molecule has 3 fully saturated rings. The van der Waals surface area contributed by atoms with Crippen LogP contribution in [-0.4, -0.2) is 11.2 Å². The average Bonchev–Trinajstić information content (AvgIpc) is 1.72. The first-order valence-corrected chi connectivity index (χ1v) is 3.64. The van der Waals surface area contributed by atoms with Crippen molar-refractivity contribution < 1.29 is 5.11 Å². The SMILES string of the molecule is C=C1C2CC(C2)C[C@@H]1O. The zero-order chi connectivity index (χ0) is 6.43. The first kappa shape index (κ1) is 5.48. The Morgan fingerprint density at radius 3 is 2.33 bits per heavy atom. The third-order valence-electron chi connectivity index (χ3n) is 2.74. The summed E-state index contributed by atoms with van der Waals surface area (Å²) in [7, 11) is 0. The summed E-state index contributed by atoms with van der Waals surface area (Å²) in [6.07, 6.45) is 3.42. The van der Waals surface area contributed by atoms with E-state index in [0.717, 1.165) is 17.9 Å². The molecule has 0 amide bonds. The summed E-state index contributed by atoms with van der Waals surface area (Å²) in [6.45, 7) is 3.86. The lowest BCUT2D eigenvalue weighted by molar-refractivity contribution is 0.0572. The molecule has 9 heavy (non-hydrogen) atoms. The Bertz CT molecular complexity index is 141. The summed E-state index contributed by atoms with van der Waals surface area (Å²) >= 11 is 0. The van der Waals surface area contributed by atoms with Crippen molar-refractivity contribution in [2.75, 3.05) is 0 Å². The van der Waals surface area contributed by atoms with Crippen LogP contribution in [0.5, 0.6) is 0 Å². The average molecular weight is 124 g/mol. The molecular formula is C8H12O. The smallest absolute Gasteiger partial charge is 0.0752 e. The highest BCUT2D eigenvalue weighted by molar-refractivity contribution is 5.16. The lowest BCUT2D eigenvalue weighted by Gasteiger charge is -2.45. The van der Waals surface area contributed by atoms with Gasteiger partial charge >= 0.3 is 0 Å². The molecule has 0 aromatic carbocycles. The second kappa shape index (κ2) is 1.60. The molecule has 3 rings (SSSR count). The van der Waals surface area contributed by atoms with Crippen molar-refractivity contribution in [3.63, 3.8) is 0 Å². The van der Waals surface area contributed by atoms with Crippen molar-refractivity contribution in [2.45, 2.75) is 25.4 Å². The summed E-state index contributed by atoms with van der Waals surface area (Å²) in [6, 6.07) is 0. The molecule has 0 aromatic rings. The Kier molecular flexibility index (Phi) is 0.974. The Hall–Kier alpha value is -0.300. The van der Waals surface area contributed by atoms with Gasteiger partial charge in [-0.3, -0.25) is 0 Å². The topological polar surface area (TPSA) is 20.2 Å². The molecule has 0 saturated heterocycles. The Balaban J connectivity index is 2.13. The van der Waals surface area contributed by atoms with Gasteiger partial charge in [-0.25, -0.2) is 0 Å². The van der Waals surface area contributed by atoms with E-state index in [-0.39, 0.29) is 6.10 Å². The Morgan fingerprint density at radius 1 is 1.33 bits per heavy atom. The van der Waals surface area contributed by atoms with Gasteiger partial charge in [-0.1, -0.05) is 6.58 Å². The molecule has 3 aliphatic rings. The van der Waals surface area contributed by atoms with Gasteiger partial charge in [-0.15, -0.1) is 0 Å². The van der Waals surface area contributed by atoms with Crippen molar-refractivity contribution in [3.8, 4) is 0 Å². The van der Waals surface area contributed by atoms with E-state index in [1.54, 1.807) is 0 Å². The van der Waals surface area contributed by atoms with E-state index in [1.807, 2.05) is 0 Å². The molecule has 50 valence electrons. The molecule has 1 heteroatoms. The second-order valence-electron chi connectivity index (χ2n) is 3.36. The molecule has 0 radical (unpaired) electrons. The number of hydrogen-bond acceptors (Lipinski definition) is 1. The monoisotopic (exact) mass is 124 g/mol. The van der Waals surface area contributed by atoms with Crippen LogP contribution in [-0.2, 0) is 0 Å². The Morgan fingerprint density at radius 2 is 2.00 bits per heavy atom. The van der Waals surface area contributed by atoms with Crippen LogP contribution >= 0.6 is 0 Å². The standard InChI is InChI=1S/C8H12O/c1-5-7-2-6(3-7)4-8(5)9/h6-9H,1-4H2/t6?,7?,8-/m0/s1. The lowest BCUT2D eigenvalue weighted by Crippen LogP contribution is -2.38. The number of rotatable bonds is 0. The van der Waals surface area contributed by atoms with Crippen LogP contribution in [0.3, 0.4) is 0 Å². The highest BCUT2D eigenvalue weighted by Gasteiger charge is 2.39. The fourth-order valence-corrected chi connectivity index (χ4v) is 1.97. The van der Waals surface area contributed by atoms with E-state index in [4.69, 9.17) is 0 Å². The molecule has 0 unspecified atom stereocenters. The maximum absolute atomic E-state index is 9.28. The van der Waals surface area contributed by atoms with E-state index in [9.17, 15) is 5.11 Å². The molecule has 3 aliphatic carbocycles. The quantitative estimate of drug-likeness (QED) is 0.483. The molecule has 1 atom stereocenters. The second-order valence-corrected chi connectivity index (χ2v) is 3.36. The van der Waals surface area contributed by atoms with Gasteiger partial charge in [0, 0.05) is 0 Å². The summed E-state index contributed by atoms with van der Waals surface area (Å²) in [5.41, 5.74) is 1.09. The molecular weight excluding hydrogens is 112 g/mol. The Labute approximate surface area is 55.4 Å². The van der Waals surface area contributed by atoms with Crippen LogP contribution in [0, 0.1) is 11.8 Å². The van der Waals surface area contributed by atoms with Crippen LogP contribution in [0.25, 0.3) is 0 Å². The minimum atomic E-state index is -0.164. The maximum Gasteiger partial charge on any atom is 0.0752 e. The first-order valence-electron chi connectivity index (χ1n) is 3.64. The molecule has 1 N–H and O–H groups in total. The van der Waals surface area contributed by atoms with Crippen LogP contribution in [0.1, 0.15) is 19.3 Å². The molecule has 1 nitrogen and oxygen atoms in total. The number of aliphatic hydroxyl groups excluding tert-OH is 1. The third kappa shape index (κ3) is 0.645. The predicted octanol–water partition coefficient (Wildman–Crippen LogP) is 1.33. The van der Waals surface area contributed by atoms with Crippen molar-refractivity contribution in [2.24, 2.45) is 11.8 Å². The zero-order valence-corrected chi connectivity index (χ0v) is 5.51. The van der Waals surface area contributed by atoms with Crippen molar-refractivity contribution >= 4 is 0 Å². The van der Waals surface area contributed by atoms with Gasteiger partial charge in [0.25, 0.3) is 0 Å². The molecule has 0 spiro atoms. The van der Waals surface area contributed by atoms with Gasteiger partial charge < -0.3 is 5.11 Å². The summed E-state index contributed by atoms with van der Waals surface area (Å²) in [4.78, 5) is 0. The van der Waals surface area contributed by atoms with Crippen molar-refractivity contribution in [1.82, 2.24) is 0 Å². The largest absolute Gasteiger partial charge is 0.389 e. The van der Waals surface area contributed by atoms with E-state index < -0.39 is 0 Å². The zero-order valence-electron chi connectivity index (χ0n) is 5.51. The van der Waals surface area contributed by atoms with Crippen LogP contribution in [0.4, 0.5) is 0 Å². The van der Waals surface area contributed by atoms with Gasteiger partial charge in [0.15, 0.2) is 0 Å². The highest BCUT2D eigenvalue weighted by Crippen LogP contribution is 2.47. The van der Waals surface area contributed by atoms with E-state index in [1.165, 1.54) is 12.8 Å². The molecule has 0 heterocycles. The minimum absolute atomic E-state index is 0.164. The summed E-state index contributed by atoms with van der Waals surface area (Å²) in [5, 5.41) is 9.28. The number of hydrogen-bond donors (Lipinski definition) is 1. The molecule has 0 aromatic heterocycles. The van der Waals surface area contributed by atoms with Gasteiger partial charge in [0.05, 0.1) is 6.10 Å². The summed E-state index contributed by atoms with van der Waals surface area (Å²) < 4.78 is 0. The maximum atomic E-state index is 9.28. The number of fused-ring (bicyclic) bond motifs is 2. The number of aliphatic hydroxyl groups is 1. The van der Waals surface area contributed by atoms with Gasteiger partial charge in [0.2, 0.25) is 0 Å². The summed E-state index contributed by atoms with van der Waals surface area (Å²) in [5.74, 6) is 1.51. The van der Waals surface area contributed by atoms with Crippen molar-refractivity contribution in [1.29, 1.82) is 0 Å². The van der Waals surface area contributed by atoms with Crippen LogP contribution < -0.4 is 0 Å². The predicted molar refractivity (Wildman–Crippen MR) is 36.0 cm³/mol. The van der Waals surface area contributed by atoms with E-state index in [2.05, 4.69) is 6.58 Å². The van der Waals surface area contributed by atoms with Crippen LogP contribution in [0.2, 0.25) is 0 Å². The highest BCUT2D eigenvalue weighted by atomic mass is 16.3. The fourth-order valence-electron chi connectivity index (χ4n) is 1.97. The normalized spacial score (nSPS) is 48.6. The van der Waals surface area contributed by atoms with Gasteiger partial charge in [-0.2, -0.15) is 0 Å². The van der Waals surface area contributed by atoms with Gasteiger partial charge in [-0.05, 0) is 36.7 Å². The molecule has 0 aliphatic heterocycles. The molecule has 3 saturated carbocycles. The van der Waals surface area contributed by atoms with Crippen LogP contribution in [0.15, 0.2) is 12.2 Å². The fraction of sp³-hybridized carbons (Fsp3) is 0.750. The third-order valence-corrected chi connectivity index (χ3v) is 2.74. The van der Waals surface area contributed by atoms with E-state index in [0.29, 0.717) is 5.92 Å². The van der Waals surface area contributed by atoms with Crippen molar-refractivity contribution in [3.05, 3.63) is 12.2 Å².